The molecule has 4 rings (SSSR count). The highest BCUT2D eigenvalue weighted by Gasteiger charge is 2.25. The zero-order valence-corrected chi connectivity index (χ0v) is 15.7. The van der Waals surface area contributed by atoms with E-state index in [-0.39, 0.29) is 17.9 Å². The van der Waals surface area contributed by atoms with Crippen LogP contribution in [0.3, 0.4) is 0 Å². The van der Waals surface area contributed by atoms with Crippen LogP contribution in [0.4, 0.5) is 0 Å². The summed E-state index contributed by atoms with van der Waals surface area (Å²) in [5.41, 5.74) is 2.56. The molecule has 0 saturated heterocycles. The monoisotopic (exact) mass is 365 g/mol. The lowest BCUT2D eigenvalue weighted by Crippen LogP contribution is -2.32. The van der Waals surface area contributed by atoms with Gasteiger partial charge in [-0.15, -0.1) is 0 Å². The molecule has 27 heavy (non-hydrogen) atoms. The van der Waals surface area contributed by atoms with Crippen molar-refractivity contribution in [3.63, 3.8) is 0 Å². The second-order valence-electron chi connectivity index (χ2n) is 7.15. The van der Waals surface area contributed by atoms with E-state index in [4.69, 9.17) is 13.9 Å². The van der Waals surface area contributed by atoms with Crippen molar-refractivity contribution in [2.45, 2.75) is 26.8 Å². The lowest BCUT2D eigenvalue weighted by molar-refractivity contribution is 0.0898. The van der Waals surface area contributed by atoms with Gasteiger partial charge in [0.25, 0.3) is 5.91 Å². The van der Waals surface area contributed by atoms with Crippen molar-refractivity contribution in [3.05, 3.63) is 59.4 Å². The third-order valence-corrected chi connectivity index (χ3v) is 4.93. The van der Waals surface area contributed by atoms with E-state index in [1.165, 1.54) is 0 Å². The Labute approximate surface area is 158 Å². The van der Waals surface area contributed by atoms with E-state index < -0.39 is 0 Å². The summed E-state index contributed by atoms with van der Waals surface area (Å²) >= 11 is 0. The fraction of sp³-hybridized carbons (Fsp3) is 0.318. The molecule has 0 radical (unpaired) electrons. The lowest BCUT2D eigenvalue weighted by Gasteiger charge is -2.25. The molecule has 0 spiro atoms. The normalized spacial score (nSPS) is 14.4. The van der Waals surface area contributed by atoms with Gasteiger partial charge in [0.1, 0.15) is 18.8 Å². The summed E-state index contributed by atoms with van der Waals surface area (Å²) in [6.45, 7) is 7.16. The maximum Gasteiger partial charge on any atom is 0.287 e. The standard InChI is InChI=1S/C22H23NO4/c1-13(2)20(15-8-9-18-19(12-15)26-11-10-25-18)23-22(24)21-14(3)16-6-4-5-7-17(16)27-21/h4-9,12-13,20H,10-11H2,1-3H3,(H,23,24). The molecule has 0 fully saturated rings. The molecule has 1 aromatic heterocycles. The predicted octanol–water partition coefficient (Wildman–Crippen LogP) is 4.64. The average Bonchev–Trinajstić information content (AvgIpc) is 3.02. The highest BCUT2D eigenvalue weighted by Crippen LogP contribution is 2.35. The van der Waals surface area contributed by atoms with E-state index in [9.17, 15) is 4.79 Å². The van der Waals surface area contributed by atoms with Gasteiger partial charge in [-0.05, 0) is 36.6 Å². The minimum atomic E-state index is -0.211. The van der Waals surface area contributed by atoms with E-state index in [0.29, 0.717) is 19.0 Å². The van der Waals surface area contributed by atoms with Crippen molar-refractivity contribution < 1.29 is 18.7 Å². The summed E-state index contributed by atoms with van der Waals surface area (Å²) in [6.07, 6.45) is 0. The van der Waals surface area contributed by atoms with Crippen LogP contribution in [0.25, 0.3) is 11.0 Å². The Kier molecular flexibility index (Phi) is 4.52. The highest BCUT2D eigenvalue weighted by atomic mass is 16.6. The largest absolute Gasteiger partial charge is 0.486 e. The number of amides is 1. The maximum absolute atomic E-state index is 13.0. The molecule has 140 valence electrons. The first kappa shape index (κ1) is 17.5. The van der Waals surface area contributed by atoms with Crippen LogP contribution in [0.1, 0.15) is 41.6 Å². The van der Waals surface area contributed by atoms with Crippen LogP contribution in [0.15, 0.2) is 46.9 Å². The number of carbonyl (C=O) groups is 1. The zero-order chi connectivity index (χ0) is 19.0. The average molecular weight is 365 g/mol. The lowest BCUT2D eigenvalue weighted by atomic mass is 9.95. The Morgan fingerprint density at radius 1 is 1.04 bits per heavy atom. The Balaban J connectivity index is 1.63. The number of furan rings is 1. The number of rotatable bonds is 4. The Bertz CT molecular complexity index is 989. The number of nitrogens with one attached hydrogen (secondary N) is 1. The van der Waals surface area contributed by atoms with Crippen molar-refractivity contribution >= 4 is 16.9 Å². The zero-order valence-electron chi connectivity index (χ0n) is 15.7. The molecule has 3 aromatic rings. The summed E-state index contributed by atoms with van der Waals surface area (Å²) in [5.74, 6) is 1.81. The van der Waals surface area contributed by atoms with Crippen molar-refractivity contribution in [2.24, 2.45) is 5.92 Å². The molecule has 0 bridgehead atoms. The van der Waals surface area contributed by atoms with Crippen LogP contribution < -0.4 is 14.8 Å². The van der Waals surface area contributed by atoms with E-state index in [0.717, 1.165) is 33.6 Å². The minimum absolute atomic E-state index is 0.166. The molecule has 2 heterocycles. The number of benzene rings is 2. The number of fused-ring (bicyclic) bond motifs is 2. The fourth-order valence-corrected chi connectivity index (χ4v) is 3.49. The number of para-hydroxylation sites is 1. The highest BCUT2D eigenvalue weighted by molar-refractivity contribution is 5.99. The van der Waals surface area contributed by atoms with Crippen LogP contribution in [0.2, 0.25) is 0 Å². The smallest absolute Gasteiger partial charge is 0.287 e. The first-order valence-corrected chi connectivity index (χ1v) is 9.23. The SMILES string of the molecule is Cc1c(C(=O)NC(c2ccc3c(c2)OCCO3)C(C)C)oc2ccccc12. The molecule has 1 aliphatic rings. The maximum atomic E-state index is 13.0. The van der Waals surface area contributed by atoms with E-state index in [1.807, 2.05) is 49.4 Å². The minimum Gasteiger partial charge on any atom is -0.486 e. The summed E-state index contributed by atoms with van der Waals surface area (Å²) < 4.78 is 17.1. The second-order valence-corrected chi connectivity index (χ2v) is 7.15. The Morgan fingerprint density at radius 2 is 1.78 bits per heavy atom. The van der Waals surface area contributed by atoms with Gasteiger partial charge in [-0.3, -0.25) is 4.79 Å². The van der Waals surface area contributed by atoms with Gasteiger partial charge in [-0.1, -0.05) is 38.1 Å². The number of hydrogen-bond acceptors (Lipinski definition) is 4. The van der Waals surface area contributed by atoms with Gasteiger partial charge < -0.3 is 19.2 Å². The van der Waals surface area contributed by atoms with Crippen LogP contribution in [0.5, 0.6) is 11.5 Å². The molecular formula is C22H23NO4. The van der Waals surface area contributed by atoms with Gasteiger partial charge in [-0.25, -0.2) is 0 Å². The van der Waals surface area contributed by atoms with Crippen LogP contribution in [0, 0.1) is 12.8 Å². The van der Waals surface area contributed by atoms with Crippen molar-refractivity contribution in [1.29, 1.82) is 0 Å². The van der Waals surface area contributed by atoms with Gasteiger partial charge in [0.2, 0.25) is 0 Å². The molecule has 0 saturated carbocycles. The van der Waals surface area contributed by atoms with Crippen molar-refractivity contribution in [3.8, 4) is 11.5 Å². The summed E-state index contributed by atoms with van der Waals surface area (Å²) in [4.78, 5) is 13.0. The van der Waals surface area contributed by atoms with Crippen LogP contribution in [-0.2, 0) is 0 Å². The molecule has 1 N–H and O–H groups in total. The van der Waals surface area contributed by atoms with Gasteiger partial charge >= 0.3 is 0 Å². The molecule has 5 heteroatoms. The van der Waals surface area contributed by atoms with E-state index in [1.54, 1.807) is 0 Å². The quantitative estimate of drug-likeness (QED) is 0.732. The molecular weight excluding hydrogens is 342 g/mol. The molecule has 1 aliphatic heterocycles. The third kappa shape index (κ3) is 3.25. The summed E-state index contributed by atoms with van der Waals surface area (Å²) in [5, 5.41) is 4.09. The Hall–Kier alpha value is -2.95. The summed E-state index contributed by atoms with van der Waals surface area (Å²) in [6, 6.07) is 13.3. The Morgan fingerprint density at radius 3 is 2.52 bits per heavy atom. The third-order valence-electron chi connectivity index (χ3n) is 4.93. The van der Waals surface area contributed by atoms with Crippen LogP contribution >= 0.6 is 0 Å². The number of carbonyl (C=O) groups excluding carboxylic acids is 1. The van der Waals surface area contributed by atoms with E-state index >= 15 is 0 Å². The van der Waals surface area contributed by atoms with Gasteiger partial charge in [0.15, 0.2) is 17.3 Å². The predicted molar refractivity (Wildman–Crippen MR) is 103 cm³/mol. The molecule has 2 aromatic carbocycles. The fourth-order valence-electron chi connectivity index (χ4n) is 3.49. The summed E-state index contributed by atoms with van der Waals surface area (Å²) in [7, 11) is 0. The molecule has 0 aliphatic carbocycles. The molecule has 1 atom stereocenters. The van der Waals surface area contributed by atoms with Gasteiger partial charge in [-0.2, -0.15) is 0 Å². The van der Waals surface area contributed by atoms with Gasteiger partial charge in [0, 0.05) is 10.9 Å². The number of aryl methyl sites for hydroxylation is 1. The number of ether oxygens (including phenoxy) is 2. The van der Waals surface area contributed by atoms with Gasteiger partial charge in [0.05, 0.1) is 6.04 Å². The number of hydrogen-bond donors (Lipinski definition) is 1. The first-order chi connectivity index (χ1) is 13.0. The first-order valence-electron chi connectivity index (χ1n) is 9.23. The van der Waals surface area contributed by atoms with Crippen molar-refractivity contribution in [1.82, 2.24) is 5.32 Å². The second kappa shape index (κ2) is 6.99. The van der Waals surface area contributed by atoms with E-state index in [2.05, 4.69) is 19.2 Å². The topological polar surface area (TPSA) is 60.7 Å². The molecule has 1 amide bonds. The van der Waals surface area contributed by atoms with Crippen LogP contribution in [-0.4, -0.2) is 19.1 Å². The molecule has 1 unspecified atom stereocenters. The van der Waals surface area contributed by atoms with Crippen molar-refractivity contribution in [2.75, 3.05) is 13.2 Å². The molecule has 5 nitrogen and oxygen atoms in total.